The molecule has 0 spiro atoms. The average Bonchev–Trinajstić information content (AvgIpc) is 2.75. The Morgan fingerprint density at radius 3 is 2.22 bits per heavy atom. The van der Waals surface area contributed by atoms with Gasteiger partial charge in [-0.15, -0.1) is 0 Å². The van der Waals surface area contributed by atoms with Gasteiger partial charge in [-0.3, -0.25) is 9.03 Å². The monoisotopic (exact) mass is 482 g/mol. The fourth-order valence-electron chi connectivity index (χ4n) is 3.48. The quantitative estimate of drug-likeness (QED) is 0.595. The molecule has 3 aromatic rings. The van der Waals surface area contributed by atoms with Crippen LogP contribution in [-0.2, 0) is 26.5 Å². The largest absolute Gasteiger partial charge is 0.279 e. The molecule has 0 atom stereocenters. The summed E-state index contributed by atoms with van der Waals surface area (Å²) in [5.41, 5.74) is 0.899. The van der Waals surface area contributed by atoms with Crippen LogP contribution >= 0.6 is 0 Å². The first-order chi connectivity index (χ1) is 15.1. The second kappa shape index (κ2) is 8.14. The number of aryl methyl sites for hydroxylation is 1. The summed E-state index contributed by atoms with van der Waals surface area (Å²) in [4.78, 5) is -0.981. The molecule has 4 rings (SSSR count). The van der Waals surface area contributed by atoms with E-state index in [0.29, 0.717) is 30.5 Å². The molecule has 0 saturated heterocycles. The number of fused-ring (bicyclic) bond motifs is 1. The molecular formula is C21H17F3N2O4S2. The Morgan fingerprint density at radius 1 is 0.812 bits per heavy atom. The number of nitrogens with one attached hydrogen (secondary N) is 1. The number of sulfonamides is 2. The second-order valence-electron chi connectivity index (χ2n) is 7.16. The molecule has 0 bridgehead atoms. The Bertz CT molecular complexity index is 1390. The molecular weight excluding hydrogens is 465 g/mol. The molecule has 32 heavy (non-hydrogen) atoms. The average molecular weight is 483 g/mol. The third-order valence-corrected chi connectivity index (χ3v) is 8.22. The van der Waals surface area contributed by atoms with Gasteiger partial charge in [0.25, 0.3) is 20.0 Å². The van der Waals surface area contributed by atoms with Crippen LogP contribution in [0.4, 0.5) is 24.5 Å². The highest BCUT2D eigenvalue weighted by molar-refractivity contribution is 7.93. The lowest BCUT2D eigenvalue weighted by Gasteiger charge is -2.31. The van der Waals surface area contributed by atoms with E-state index in [-0.39, 0.29) is 22.8 Å². The van der Waals surface area contributed by atoms with Crippen molar-refractivity contribution in [3.05, 3.63) is 83.7 Å². The molecule has 1 aliphatic heterocycles. The fourth-order valence-corrected chi connectivity index (χ4v) is 6.15. The smallest absolute Gasteiger partial charge is 0.264 e. The Labute approximate surface area is 183 Å². The van der Waals surface area contributed by atoms with E-state index >= 15 is 0 Å². The van der Waals surface area contributed by atoms with Crippen LogP contribution in [0.2, 0.25) is 0 Å². The first-order valence-electron chi connectivity index (χ1n) is 9.47. The van der Waals surface area contributed by atoms with E-state index in [0.717, 1.165) is 34.6 Å². The van der Waals surface area contributed by atoms with Gasteiger partial charge in [0.2, 0.25) is 0 Å². The predicted molar refractivity (Wildman–Crippen MR) is 113 cm³/mol. The standard InChI is InChI=1S/C21H17F3N2O4S2/c22-15-4-8-18(9-5-15)32(29,30)26-11-1-2-14-3-7-17(13-20(14)26)25-31(27,28)21-12-16(23)6-10-19(21)24/h3-10,12-13,25H,1-2,11H2. The van der Waals surface area contributed by atoms with Gasteiger partial charge in [-0.2, -0.15) is 0 Å². The van der Waals surface area contributed by atoms with Crippen LogP contribution in [0, 0.1) is 17.5 Å². The molecule has 0 radical (unpaired) electrons. The van der Waals surface area contributed by atoms with Crippen LogP contribution in [0.25, 0.3) is 0 Å². The summed E-state index contributed by atoms with van der Waals surface area (Å²) in [6, 6.07) is 10.7. The van der Waals surface area contributed by atoms with Gasteiger partial charge in [-0.25, -0.2) is 30.0 Å². The molecule has 0 saturated carbocycles. The molecule has 11 heteroatoms. The summed E-state index contributed by atoms with van der Waals surface area (Å²) in [7, 11) is -8.51. The number of anilines is 2. The number of hydrogen-bond donors (Lipinski definition) is 1. The molecule has 6 nitrogen and oxygen atoms in total. The van der Waals surface area contributed by atoms with E-state index < -0.39 is 42.4 Å². The molecule has 0 fully saturated rings. The fraction of sp³-hybridized carbons (Fsp3) is 0.143. The van der Waals surface area contributed by atoms with E-state index in [9.17, 15) is 30.0 Å². The third kappa shape index (κ3) is 4.17. The Kier molecular flexibility index (Phi) is 5.63. The van der Waals surface area contributed by atoms with Crippen molar-refractivity contribution >= 4 is 31.4 Å². The van der Waals surface area contributed by atoms with E-state index in [2.05, 4.69) is 4.72 Å². The van der Waals surface area contributed by atoms with E-state index in [1.165, 1.54) is 12.1 Å². The Morgan fingerprint density at radius 2 is 1.50 bits per heavy atom. The van der Waals surface area contributed by atoms with Gasteiger partial charge in [0.05, 0.1) is 16.3 Å². The second-order valence-corrected chi connectivity index (χ2v) is 10.7. The highest BCUT2D eigenvalue weighted by atomic mass is 32.2. The van der Waals surface area contributed by atoms with Crippen molar-refractivity contribution in [1.82, 2.24) is 0 Å². The maximum absolute atomic E-state index is 14.0. The number of rotatable bonds is 5. The molecule has 0 aromatic heterocycles. The van der Waals surface area contributed by atoms with Crippen molar-refractivity contribution in [1.29, 1.82) is 0 Å². The lowest BCUT2D eigenvalue weighted by molar-refractivity contribution is 0.555. The zero-order chi connectivity index (χ0) is 23.1. The summed E-state index contributed by atoms with van der Waals surface area (Å²) in [5, 5.41) is 0. The molecule has 168 valence electrons. The maximum Gasteiger partial charge on any atom is 0.264 e. The van der Waals surface area contributed by atoms with E-state index in [1.807, 2.05) is 0 Å². The molecule has 1 N–H and O–H groups in total. The SMILES string of the molecule is O=S(=O)(Nc1ccc2c(c1)N(S(=O)(=O)c1ccc(F)cc1)CCC2)c1cc(F)ccc1F. The summed E-state index contributed by atoms with van der Waals surface area (Å²) < 4.78 is 95.4. The zero-order valence-corrected chi connectivity index (χ0v) is 18.1. The van der Waals surface area contributed by atoms with Crippen molar-refractivity contribution in [2.75, 3.05) is 15.6 Å². The molecule has 1 heterocycles. The lowest BCUT2D eigenvalue weighted by atomic mass is 10.0. The van der Waals surface area contributed by atoms with Crippen molar-refractivity contribution in [3.63, 3.8) is 0 Å². The predicted octanol–water partition coefficient (Wildman–Crippen LogP) is 4.05. The van der Waals surface area contributed by atoms with Crippen LogP contribution in [0.15, 0.2) is 70.5 Å². The minimum absolute atomic E-state index is 0.0198. The zero-order valence-electron chi connectivity index (χ0n) is 16.4. The molecule has 0 aliphatic carbocycles. The van der Waals surface area contributed by atoms with E-state index in [1.54, 1.807) is 6.07 Å². The van der Waals surface area contributed by atoms with Gasteiger partial charge in [-0.05, 0) is 73.0 Å². The molecule has 0 amide bonds. The van der Waals surface area contributed by atoms with Crippen LogP contribution in [0.1, 0.15) is 12.0 Å². The summed E-state index contributed by atoms with van der Waals surface area (Å²) in [6.45, 7) is 0.140. The summed E-state index contributed by atoms with van der Waals surface area (Å²) in [6.07, 6.45) is 1.10. The van der Waals surface area contributed by atoms with Gasteiger partial charge in [0, 0.05) is 6.54 Å². The minimum Gasteiger partial charge on any atom is -0.279 e. The topological polar surface area (TPSA) is 83.6 Å². The van der Waals surface area contributed by atoms with Gasteiger partial charge in [-0.1, -0.05) is 6.07 Å². The highest BCUT2D eigenvalue weighted by Gasteiger charge is 2.30. The van der Waals surface area contributed by atoms with Crippen LogP contribution in [0.3, 0.4) is 0 Å². The number of hydrogen-bond acceptors (Lipinski definition) is 4. The van der Waals surface area contributed by atoms with Crippen molar-refractivity contribution in [3.8, 4) is 0 Å². The van der Waals surface area contributed by atoms with Crippen molar-refractivity contribution in [2.24, 2.45) is 0 Å². The first-order valence-corrected chi connectivity index (χ1v) is 12.4. The maximum atomic E-state index is 14.0. The van der Waals surface area contributed by atoms with Crippen molar-refractivity contribution < 1.29 is 30.0 Å². The number of nitrogens with zero attached hydrogens (tertiary/aromatic N) is 1. The summed E-state index contributed by atoms with van der Waals surface area (Å²) >= 11 is 0. The first kappa shape index (κ1) is 22.2. The third-order valence-electron chi connectivity index (χ3n) is 5.00. The Balaban J connectivity index is 1.72. The van der Waals surface area contributed by atoms with Gasteiger partial charge in [0.1, 0.15) is 22.3 Å². The molecule has 0 unspecified atom stereocenters. The molecule has 3 aromatic carbocycles. The van der Waals surface area contributed by atoms with Gasteiger partial charge in [0.15, 0.2) is 0 Å². The molecule has 1 aliphatic rings. The summed E-state index contributed by atoms with van der Waals surface area (Å²) in [5.74, 6) is -2.63. The van der Waals surface area contributed by atoms with Crippen LogP contribution in [0.5, 0.6) is 0 Å². The van der Waals surface area contributed by atoms with Crippen molar-refractivity contribution in [2.45, 2.75) is 22.6 Å². The number of benzene rings is 3. The Hall–Kier alpha value is -3.05. The minimum atomic E-state index is -4.48. The van der Waals surface area contributed by atoms with Gasteiger partial charge >= 0.3 is 0 Å². The van der Waals surface area contributed by atoms with Crippen LogP contribution in [-0.4, -0.2) is 23.4 Å². The number of halogens is 3. The highest BCUT2D eigenvalue weighted by Crippen LogP contribution is 2.35. The lowest BCUT2D eigenvalue weighted by Crippen LogP contribution is -2.35. The van der Waals surface area contributed by atoms with Gasteiger partial charge < -0.3 is 0 Å². The van der Waals surface area contributed by atoms with Crippen LogP contribution < -0.4 is 9.03 Å². The van der Waals surface area contributed by atoms with E-state index in [4.69, 9.17) is 0 Å². The normalized spacial score (nSPS) is 14.2.